The highest BCUT2D eigenvalue weighted by molar-refractivity contribution is 5.90. The molecule has 0 saturated heterocycles. The Morgan fingerprint density at radius 2 is 1.78 bits per heavy atom. The third-order valence-electron chi connectivity index (χ3n) is 4.75. The maximum atomic E-state index is 12.7. The summed E-state index contributed by atoms with van der Waals surface area (Å²) in [5, 5.41) is 8.59. The fourth-order valence-electron chi connectivity index (χ4n) is 3.51. The van der Waals surface area contributed by atoms with Crippen LogP contribution >= 0.6 is 0 Å². The number of nitrogens with one attached hydrogen (secondary N) is 3. The van der Waals surface area contributed by atoms with Crippen LogP contribution in [0.3, 0.4) is 0 Å². The van der Waals surface area contributed by atoms with Gasteiger partial charge in [-0.25, -0.2) is 9.59 Å². The Labute approximate surface area is 188 Å². The average molecular weight is 442 g/mol. The van der Waals surface area contributed by atoms with Crippen molar-refractivity contribution < 1.29 is 23.8 Å². The number of rotatable bonds is 4. The van der Waals surface area contributed by atoms with Gasteiger partial charge in [-0.1, -0.05) is 6.07 Å². The Balaban J connectivity index is 1.77. The molecule has 3 rings (SSSR count). The quantitative estimate of drug-likeness (QED) is 0.585. The number of benzene rings is 2. The molecule has 1 atom stereocenters. The molecule has 0 aromatic heterocycles. The normalized spacial score (nSPS) is 16.8. The number of hydrogen-bond acceptors (Lipinski definition) is 5. The largest absolute Gasteiger partial charge is 0.497 e. The lowest BCUT2D eigenvalue weighted by Gasteiger charge is -2.38. The molecule has 2 aromatic carbocycles. The molecule has 0 bridgehead atoms. The highest BCUT2D eigenvalue weighted by atomic mass is 16.6. The summed E-state index contributed by atoms with van der Waals surface area (Å²) in [5.74, 6) is 1.31. The number of amides is 3. The van der Waals surface area contributed by atoms with Crippen molar-refractivity contribution in [3.05, 3.63) is 48.0 Å². The van der Waals surface area contributed by atoms with Gasteiger partial charge < -0.3 is 24.8 Å². The van der Waals surface area contributed by atoms with Gasteiger partial charge in [0.2, 0.25) is 0 Å². The predicted octanol–water partition coefficient (Wildman–Crippen LogP) is 5.47. The molecule has 1 unspecified atom stereocenters. The van der Waals surface area contributed by atoms with Crippen LogP contribution in [0.25, 0.3) is 0 Å². The lowest BCUT2D eigenvalue weighted by Crippen LogP contribution is -2.42. The molecule has 172 valence electrons. The van der Waals surface area contributed by atoms with E-state index in [1.807, 2.05) is 13.8 Å². The van der Waals surface area contributed by atoms with Gasteiger partial charge in [-0.15, -0.1) is 0 Å². The van der Waals surface area contributed by atoms with Crippen molar-refractivity contribution in [1.82, 2.24) is 5.32 Å². The summed E-state index contributed by atoms with van der Waals surface area (Å²) in [7, 11) is 1.57. The number of methoxy groups -OCH3 is 1. The third-order valence-corrected chi connectivity index (χ3v) is 4.75. The van der Waals surface area contributed by atoms with Gasteiger partial charge in [-0.2, -0.15) is 0 Å². The number of fused-ring (bicyclic) bond motifs is 1. The van der Waals surface area contributed by atoms with Crippen molar-refractivity contribution in [1.29, 1.82) is 0 Å². The van der Waals surface area contributed by atoms with E-state index < -0.39 is 17.3 Å². The van der Waals surface area contributed by atoms with Crippen LogP contribution in [0.1, 0.15) is 52.6 Å². The Bertz CT molecular complexity index is 997. The van der Waals surface area contributed by atoms with E-state index in [4.69, 9.17) is 14.2 Å². The molecule has 0 fully saturated rings. The molecule has 3 N–H and O–H groups in total. The molecule has 0 spiro atoms. The molecule has 8 nitrogen and oxygen atoms in total. The van der Waals surface area contributed by atoms with E-state index in [0.29, 0.717) is 29.3 Å². The molecule has 3 amide bonds. The van der Waals surface area contributed by atoms with Gasteiger partial charge in [0.15, 0.2) is 0 Å². The number of hydrogen-bond donors (Lipinski definition) is 3. The molecular weight excluding hydrogens is 410 g/mol. The van der Waals surface area contributed by atoms with E-state index in [2.05, 4.69) is 16.0 Å². The summed E-state index contributed by atoms with van der Waals surface area (Å²) < 4.78 is 16.6. The minimum Gasteiger partial charge on any atom is -0.497 e. The summed E-state index contributed by atoms with van der Waals surface area (Å²) >= 11 is 0. The van der Waals surface area contributed by atoms with E-state index in [9.17, 15) is 9.59 Å². The van der Waals surface area contributed by atoms with Crippen LogP contribution in [0.2, 0.25) is 0 Å². The van der Waals surface area contributed by atoms with Crippen LogP contribution in [0.4, 0.5) is 21.0 Å². The zero-order valence-corrected chi connectivity index (χ0v) is 19.4. The number of urea groups is 1. The van der Waals surface area contributed by atoms with Gasteiger partial charge in [0.05, 0.1) is 13.2 Å². The van der Waals surface area contributed by atoms with E-state index in [1.54, 1.807) is 70.3 Å². The lowest BCUT2D eigenvalue weighted by molar-refractivity contribution is 0.0631. The molecule has 32 heavy (non-hydrogen) atoms. The van der Waals surface area contributed by atoms with Gasteiger partial charge in [0, 0.05) is 29.4 Å². The highest BCUT2D eigenvalue weighted by Crippen LogP contribution is 2.40. The second kappa shape index (κ2) is 8.98. The smallest absolute Gasteiger partial charge is 0.412 e. The first-order valence-electron chi connectivity index (χ1n) is 10.5. The zero-order chi connectivity index (χ0) is 23.5. The van der Waals surface area contributed by atoms with Crippen molar-refractivity contribution in [3.63, 3.8) is 0 Å². The van der Waals surface area contributed by atoms with Crippen molar-refractivity contribution in [2.24, 2.45) is 0 Å². The van der Waals surface area contributed by atoms with Gasteiger partial charge in [-0.3, -0.25) is 5.32 Å². The van der Waals surface area contributed by atoms with Crippen LogP contribution in [-0.4, -0.2) is 30.4 Å². The third kappa shape index (κ3) is 6.29. The molecule has 1 heterocycles. The maximum Gasteiger partial charge on any atom is 0.412 e. The van der Waals surface area contributed by atoms with E-state index >= 15 is 0 Å². The maximum absolute atomic E-state index is 12.7. The molecule has 8 heteroatoms. The van der Waals surface area contributed by atoms with Crippen LogP contribution in [0, 0.1) is 0 Å². The number of carbonyl (C=O) groups is 2. The molecule has 0 radical (unpaired) electrons. The number of anilines is 2. The van der Waals surface area contributed by atoms with E-state index in [0.717, 1.165) is 5.56 Å². The average Bonchev–Trinajstić information content (AvgIpc) is 2.66. The van der Waals surface area contributed by atoms with Crippen molar-refractivity contribution >= 4 is 23.5 Å². The number of ether oxygens (including phenoxy) is 3. The monoisotopic (exact) mass is 441 g/mol. The number of carbonyl (C=O) groups excluding carboxylic acids is 2. The molecule has 1 aliphatic rings. The zero-order valence-electron chi connectivity index (χ0n) is 19.4. The molecule has 2 aromatic rings. The van der Waals surface area contributed by atoms with Gasteiger partial charge in [0.1, 0.15) is 22.7 Å². The Morgan fingerprint density at radius 3 is 2.47 bits per heavy atom. The minimum absolute atomic E-state index is 0.320. The Morgan fingerprint density at radius 1 is 1.06 bits per heavy atom. The van der Waals surface area contributed by atoms with E-state index in [-0.39, 0.29) is 12.1 Å². The topological polar surface area (TPSA) is 97.9 Å². The van der Waals surface area contributed by atoms with Crippen LogP contribution in [0.5, 0.6) is 11.5 Å². The standard InChI is InChI=1S/C24H31N3O5/c1-23(2,3)32-22(29)26-16-10-11-20-18(13-16)19(14-24(4,5)31-20)27-21(28)25-15-8-7-9-17(12-15)30-6/h7-13,19H,14H2,1-6H3,(H,26,29)(H2,25,27,28). The van der Waals surface area contributed by atoms with Crippen LogP contribution in [0.15, 0.2) is 42.5 Å². The first-order valence-corrected chi connectivity index (χ1v) is 10.5. The Hall–Kier alpha value is -3.42. The van der Waals surface area contributed by atoms with Crippen molar-refractivity contribution in [3.8, 4) is 11.5 Å². The summed E-state index contributed by atoms with van der Waals surface area (Å²) in [4.78, 5) is 24.9. The van der Waals surface area contributed by atoms with Crippen LogP contribution in [-0.2, 0) is 4.74 Å². The Kier molecular flexibility index (Phi) is 6.52. The minimum atomic E-state index is -0.603. The fraction of sp³-hybridized carbons (Fsp3) is 0.417. The summed E-state index contributed by atoms with van der Waals surface area (Å²) in [5.41, 5.74) is 0.878. The van der Waals surface area contributed by atoms with Crippen molar-refractivity contribution in [2.75, 3.05) is 17.7 Å². The molecule has 0 aliphatic carbocycles. The van der Waals surface area contributed by atoms with Crippen LogP contribution < -0.4 is 25.4 Å². The summed E-state index contributed by atoms with van der Waals surface area (Å²) in [6.07, 6.45) is 0.0105. The van der Waals surface area contributed by atoms with Gasteiger partial charge in [0.25, 0.3) is 0 Å². The van der Waals surface area contributed by atoms with Gasteiger partial charge >= 0.3 is 12.1 Å². The summed E-state index contributed by atoms with van der Waals surface area (Å²) in [6.45, 7) is 9.34. The SMILES string of the molecule is COc1cccc(NC(=O)NC2CC(C)(C)Oc3ccc(NC(=O)OC(C)(C)C)cc32)c1. The summed E-state index contributed by atoms with van der Waals surface area (Å²) in [6, 6.07) is 11.8. The highest BCUT2D eigenvalue weighted by Gasteiger charge is 2.35. The lowest BCUT2D eigenvalue weighted by atomic mass is 9.89. The molecule has 0 saturated carbocycles. The molecular formula is C24H31N3O5. The first kappa shape index (κ1) is 23.2. The van der Waals surface area contributed by atoms with Crippen molar-refractivity contribution in [2.45, 2.75) is 58.3 Å². The second-order valence-electron chi connectivity index (χ2n) is 9.33. The second-order valence-corrected chi connectivity index (χ2v) is 9.33. The molecule has 1 aliphatic heterocycles. The first-order chi connectivity index (χ1) is 14.9. The predicted molar refractivity (Wildman–Crippen MR) is 124 cm³/mol. The van der Waals surface area contributed by atoms with E-state index in [1.165, 1.54) is 0 Å². The fourth-order valence-corrected chi connectivity index (χ4v) is 3.51. The van der Waals surface area contributed by atoms with Gasteiger partial charge in [-0.05, 0) is 65.0 Å².